The van der Waals surface area contributed by atoms with Crippen LogP contribution in [0.15, 0.2) is 30.5 Å². The number of nitrogens with zero attached hydrogens (tertiary/aromatic N) is 2. The van der Waals surface area contributed by atoms with Gasteiger partial charge in [-0.15, -0.1) is 0 Å². The van der Waals surface area contributed by atoms with Crippen molar-refractivity contribution in [1.29, 1.82) is 0 Å². The number of hydrogen-bond donors (Lipinski definition) is 2. The average Bonchev–Trinajstić information content (AvgIpc) is 2.48. The van der Waals surface area contributed by atoms with E-state index in [1.165, 1.54) is 6.07 Å². The number of anilines is 2. The van der Waals surface area contributed by atoms with Crippen molar-refractivity contribution in [2.24, 2.45) is 0 Å². The van der Waals surface area contributed by atoms with E-state index in [0.29, 0.717) is 11.5 Å². The lowest BCUT2D eigenvalue weighted by Crippen LogP contribution is -2.13. The minimum Gasteiger partial charge on any atom is -0.363 e. The van der Waals surface area contributed by atoms with Gasteiger partial charge < -0.3 is 10.6 Å². The summed E-state index contributed by atoms with van der Waals surface area (Å²) < 4.78 is 13.8. The van der Waals surface area contributed by atoms with Gasteiger partial charge in [0.05, 0.1) is 6.04 Å². The van der Waals surface area contributed by atoms with Crippen LogP contribution >= 0.6 is 0 Å². The molecule has 1 heterocycles. The fourth-order valence-corrected chi connectivity index (χ4v) is 2.02. The zero-order valence-electron chi connectivity index (χ0n) is 12.7. The van der Waals surface area contributed by atoms with E-state index in [-0.39, 0.29) is 11.9 Å². The molecule has 0 aliphatic carbocycles. The van der Waals surface area contributed by atoms with E-state index in [2.05, 4.69) is 27.5 Å². The summed E-state index contributed by atoms with van der Waals surface area (Å²) in [4.78, 5) is 8.69. The first-order valence-electron chi connectivity index (χ1n) is 7.20. The molecule has 0 amide bonds. The highest BCUT2D eigenvalue weighted by Gasteiger charge is 2.12. The predicted molar refractivity (Wildman–Crippen MR) is 84.0 cm³/mol. The molecule has 0 spiro atoms. The lowest BCUT2D eigenvalue weighted by molar-refractivity contribution is 0.600. The Bertz CT molecular complexity index is 601. The second-order valence-electron chi connectivity index (χ2n) is 5.04. The normalized spacial score (nSPS) is 12.0. The van der Waals surface area contributed by atoms with Crippen LogP contribution in [0.4, 0.5) is 16.2 Å². The Morgan fingerprint density at radius 3 is 2.76 bits per heavy atom. The van der Waals surface area contributed by atoms with Gasteiger partial charge in [-0.05, 0) is 26.3 Å². The van der Waals surface area contributed by atoms with E-state index in [9.17, 15) is 4.39 Å². The maximum absolute atomic E-state index is 13.8. The van der Waals surface area contributed by atoms with E-state index in [1.807, 2.05) is 19.9 Å². The van der Waals surface area contributed by atoms with Crippen LogP contribution in [0, 0.1) is 12.7 Å². The number of rotatable bonds is 6. The number of benzene rings is 1. The molecule has 0 fully saturated rings. The summed E-state index contributed by atoms with van der Waals surface area (Å²) in [5.74, 6) is 1.10. The highest BCUT2D eigenvalue weighted by Crippen LogP contribution is 2.22. The minimum absolute atomic E-state index is 0.168. The first-order valence-corrected chi connectivity index (χ1v) is 7.20. The monoisotopic (exact) mass is 288 g/mol. The smallest absolute Gasteiger partial charge is 0.224 e. The molecule has 5 heteroatoms. The first-order chi connectivity index (χ1) is 10.1. The van der Waals surface area contributed by atoms with Crippen molar-refractivity contribution >= 4 is 11.8 Å². The Morgan fingerprint density at radius 1 is 1.29 bits per heavy atom. The third-order valence-corrected chi connectivity index (χ3v) is 3.23. The Balaban J connectivity index is 2.16. The SMILES string of the molecule is CCCNc1ncc(C)c(NC(C)c2ccccc2F)n1. The van der Waals surface area contributed by atoms with E-state index >= 15 is 0 Å². The molecule has 0 saturated heterocycles. The Labute approximate surface area is 124 Å². The minimum atomic E-state index is -0.214. The number of aryl methyl sites for hydroxylation is 1. The predicted octanol–water partition coefficient (Wildman–Crippen LogP) is 3.92. The summed E-state index contributed by atoms with van der Waals surface area (Å²) in [6, 6.07) is 6.60. The zero-order chi connectivity index (χ0) is 15.2. The van der Waals surface area contributed by atoms with Gasteiger partial charge in [0.15, 0.2) is 0 Å². The molecule has 0 bridgehead atoms. The van der Waals surface area contributed by atoms with Crippen LogP contribution in [-0.4, -0.2) is 16.5 Å². The molecule has 2 rings (SSSR count). The van der Waals surface area contributed by atoms with Crippen LogP contribution in [0.3, 0.4) is 0 Å². The summed E-state index contributed by atoms with van der Waals surface area (Å²) in [5, 5.41) is 6.40. The summed E-state index contributed by atoms with van der Waals surface area (Å²) in [7, 11) is 0. The van der Waals surface area contributed by atoms with Gasteiger partial charge in [0, 0.05) is 23.9 Å². The molecule has 112 valence electrons. The van der Waals surface area contributed by atoms with Crippen LogP contribution in [0.25, 0.3) is 0 Å². The summed E-state index contributed by atoms with van der Waals surface area (Å²) >= 11 is 0. The molecule has 21 heavy (non-hydrogen) atoms. The van der Waals surface area contributed by atoms with Crippen molar-refractivity contribution in [2.75, 3.05) is 17.2 Å². The van der Waals surface area contributed by atoms with Gasteiger partial charge in [-0.3, -0.25) is 0 Å². The maximum Gasteiger partial charge on any atom is 0.224 e. The summed E-state index contributed by atoms with van der Waals surface area (Å²) in [5.41, 5.74) is 1.55. The van der Waals surface area contributed by atoms with Crippen LogP contribution in [0.5, 0.6) is 0 Å². The molecular formula is C16H21FN4. The molecule has 0 aliphatic heterocycles. The highest BCUT2D eigenvalue weighted by molar-refractivity contribution is 5.48. The van der Waals surface area contributed by atoms with Gasteiger partial charge in [0.25, 0.3) is 0 Å². The number of nitrogens with one attached hydrogen (secondary N) is 2. The van der Waals surface area contributed by atoms with Crippen LogP contribution in [0.1, 0.15) is 37.4 Å². The largest absolute Gasteiger partial charge is 0.363 e. The van der Waals surface area contributed by atoms with Gasteiger partial charge in [-0.2, -0.15) is 4.98 Å². The Hall–Kier alpha value is -2.17. The quantitative estimate of drug-likeness (QED) is 0.846. The molecule has 2 aromatic rings. The zero-order valence-corrected chi connectivity index (χ0v) is 12.7. The van der Waals surface area contributed by atoms with E-state index < -0.39 is 0 Å². The van der Waals surface area contributed by atoms with Gasteiger partial charge >= 0.3 is 0 Å². The van der Waals surface area contributed by atoms with Gasteiger partial charge in [0.1, 0.15) is 11.6 Å². The molecule has 2 N–H and O–H groups in total. The number of aromatic nitrogens is 2. The van der Waals surface area contributed by atoms with Crippen molar-refractivity contribution < 1.29 is 4.39 Å². The molecule has 4 nitrogen and oxygen atoms in total. The summed E-state index contributed by atoms with van der Waals surface area (Å²) in [6.45, 7) is 6.76. The third kappa shape index (κ3) is 3.90. The van der Waals surface area contributed by atoms with Crippen LogP contribution < -0.4 is 10.6 Å². The molecule has 1 aromatic heterocycles. The van der Waals surface area contributed by atoms with E-state index in [1.54, 1.807) is 18.3 Å². The molecular weight excluding hydrogens is 267 g/mol. The first kappa shape index (κ1) is 15.2. The van der Waals surface area contributed by atoms with Crippen molar-refractivity contribution in [3.8, 4) is 0 Å². The topological polar surface area (TPSA) is 49.8 Å². The standard InChI is InChI=1S/C16H21FN4/c1-4-9-18-16-19-10-11(2)15(21-16)20-12(3)13-7-5-6-8-14(13)17/h5-8,10,12H,4,9H2,1-3H3,(H2,18,19,20,21). The lowest BCUT2D eigenvalue weighted by Gasteiger charge is -2.17. The van der Waals surface area contributed by atoms with Crippen LogP contribution in [-0.2, 0) is 0 Å². The van der Waals surface area contributed by atoms with Crippen molar-refractivity contribution in [3.63, 3.8) is 0 Å². The molecule has 1 aromatic carbocycles. The van der Waals surface area contributed by atoms with E-state index in [0.717, 1.165) is 24.3 Å². The van der Waals surface area contributed by atoms with Gasteiger partial charge in [-0.25, -0.2) is 9.37 Å². The maximum atomic E-state index is 13.8. The summed E-state index contributed by atoms with van der Waals surface area (Å²) in [6.07, 6.45) is 2.77. The van der Waals surface area contributed by atoms with Crippen LogP contribution in [0.2, 0.25) is 0 Å². The number of halogens is 1. The fraction of sp³-hybridized carbons (Fsp3) is 0.375. The van der Waals surface area contributed by atoms with Crippen molar-refractivity contribution in [2.45, 2.75) is 33.2 Å². The molecule has 0 aliphatic rings. The lowest BCUT2D eigenvalue weighted by atomic mass is 10.1. The average molecular weight is 288 g/mol. The molecule has 1 unspecified atom stereocenters. The van der Waals surface area contributed by atoms with E-state index in [4.69, 9.17) is 0 Å². The molecule has 1 atom stereocenters. The van der Waals surface area contributed by atoms with Crippen molar-refractivity contribution in [3.05, 3.63) is 47.4 Å². The Kier molecular flexibility index (Phi) is 5.09. The molecule has 0 saturated carbocycles. The third-order valence-electron chi connectivity index (χ3n) is 3.23. The number of hydrogen-bond acceptors (Lipinski definition) is 4. The Morgan fingerprint density at radius 2 is 2.05 bits per heavy atom. The second-order valence-corrected chi connectivity index (χ2v) is 5.04. The molecule has 0 radical (unpaired) electrons. The van der Waals surface area contributed by atoms with Crippen molar-refractivity contribution in [1.82, 2.24) is 9.97 Å². The fourth-order valence-electron chi connectivity index (χ4n) is 2.02. The second kappa shape index (κ2) is 7.02. The van der Waals surface area contributed by atoms with Gasteiger partial charge in [0.2, 0.25) is 5.95 Å². The van der Waals surface area contributed by atoms with Gasteiger partial charge in [-0.1, -0.05) is 25.1 Å². The highest BCUT2D eigenvalue weighted by atomic mass is 19.1.